The third-order valence-corrected chi connectivity index (χ3v) is 2.68. The molecule has 3 aromatic rings. The number of benzene rings is 1. The second-order valence-corrected chi connectivity index (χ2v) is 3.88. The molecule has 0 aliphatic rings. The molecule has 0 amide bonds. The summed E-state index contributed by atoms with van der Waals surface area (Å²) < 4.78 is 0. The van der Waals surface area contributed by atoms with Gasteiger partial charge in [-0.2, -0.15) is 10.4 Å². The van der Waals surface area contributed by atoms with E-state index in [0.29, 0.717) is 22.8 Å². The number of hydrogen-bond acceptors (Lipinski definition) is 4. The minimum Gasteiger partial charge on any atom is -0.257 e. The first kappa shape index (κ1) is 11.1. The normalized spacial score (nSPS) is 10.1. The largest absolute Gasteiger partial charge is 0.257 e. The number of hydrogen-bond donors (Lipinski definition) is 1. The Kier molecular flexibility index (Phi) is 2.75. The molecule has 5 heteroatoms. The fourth-order valence-corrected chi connectivity index (χ4v) is 1.78. The SMILES string of the molecule is N#Cc1ccccc1-c1n[nH]c(-c2ccccn2)n1. The van der Waals surface area contributed by atoms with E-state index in [2.05, 4.69) is 26.2 Å². The van der Waals surface area contributed by atoms with Crippen molar-refractivity contribution in [3.63, 3.8) is 0 Å². The van der Waals surface area contributed by atoms with E-state index in [0.717, 1.165) is 5.69 Å². The van der Waals surface area contributed by atoms with Crippen LogP contribution in [0.2, 0.25) is 0 Å². The zero-order valence-corrected chi connectivity index (χ0v) is 9.91. The van der Waals surface area contributed by atoms with Gasteiger partial charge in [0.1, 0.15) is 5.69 Å². The van der Waals surface area contributed by atoms with Crippen molar-refractivity contribution in [3.05, 3.63) is 54.2 Å². The first-order valence-electron chi connectivity index (χ1n) is 5.72. The van der Waals surface area contributed by atoms with Crippen LogP contribution >= 0.6 is 0 Å². The fraction of sp³-hybridized carbons (Fsp3) is 0. The summed E-state index contributed by atoms with van der Waals surface area (Å²) in [5, 5.41) is 16.1. The maximum atomic E-state index is 9.08. The summed E-state index contributed by atoms with van der Waals surface area (Å²) in [6, 6.07) is 14.9. The summed E-state index contributed by atoms with van der Waals surface area (Å²) in [7, 11) is 0. The lowest BCUT2D eigenvalue weighted by Crippen LogP contribution is -1.86. The molecule has 3 rings (SSSR count). The van der Waals surface area contributed by atoms with Crippen LogP contribution in [-0.4, -0.2) is 20.2 Å². The molecule has 0 aliphatic heterocycles. The highest BCUT2D eigenvalue weighted by atomic mass is 15.2. The summed E-state index contributed by atoms with van der Waals surface area (Å²) in [6.45, 7) is 0. The quantitative estimate of drug-likeness (QED) is 0.754. The van der Waals surface area contributed by atoms with E-state index in [-0.39, 0.29) is 0 Å². The lowest BCUT2D eigenvalue weighted by molar-refractivity contribution is 1.09. The maximum Gasteiger partial charge on any atom is 0.182 e. The van der Waals surface area contributed by atoms with E-state index in [9.17, 15) is 0 Å². The van der Waals surface area contributed by atoms with Crippen LogP contribution in [0.5, 0.6) is 0 Å². The van der Waals surface area contributed by atoms with E-state index in [1.54, 1.807) is 12.3 Å². The van der Waals surface area contributed by atoms with Crippen LogP contribution < -0.4 is 0 Å². The molecule has 0 bridgehead atoms. The van der Waals surface area contributed by atoms with Gasteiger partial charge in [-0.3, -0.25) is 10.1 Å². The molecule has 2 aromatic heterocycles. The molecule has 0 saturated heterocycles. The van der Waals surface area contributed by atoms with Crippen LogP contribution in [0.4, 0.5) is 0 Å². The number of rotatable bonds is 2. The summed E-state index contributed by atoms with van der Waals surface area (Å²) >= 11 is 0. The highest BCUT2D eigenvalue weighted by Gasteiger charge is 2.11. The number of nitrogens with zero attached hydrogens (tertiary/aromatic N) is 4. The van der Waals surface area contributed by atoms with Crippen molar-refractivity contribution in [1.82, 2.24) is 20.2 Å². The minimum atomic E-state index is 0.498. The highest BCUT2D eigenvalue weighted by molar-refractivity contribution is 5.65. The molecule has 1 aromatic carbocycles. The van der Waals surface area contributed by atoms with Crippen molar-refractivity contribution in [1.29, 1.82) is 5.26 Å². The molecule has 0 unspecified atom stereocenters. The predicted octanol–water partition coefficient (Wildman–Crippen LogP) is 2.41. The smallest absolute Gasteiger partial charge is 0.182 e. The fourth-order valence-electron chi connectivity index (χ4n) is 1.78. The Morgan fingerprint density at radius 3 is 2.68 bits per heavy atom. The van der Waals surface area contributed by atoms with Crippen LogP contribution in [0, 0.1) is 11.3 Å². The highest BCUT2D eigenvalue weighted by Crippen LogP contribution is 2.21. The van der Waals surface area contributed by atoms with E-state index in [4.69, 9.17) is 5.26 Å². The lowest BCUT2D eigenvalue weighted by atomic mass is 10.1. The van der Waals surface area contributed by atoms with Gasteiger partial charge in [0.2, 0.25) is 0 Å². The van der Waals surface area contributed by atoms with Crippen LogP contribution in [0.1, 0.15) is 5.56 Å². The first-order valence-corrected chi connectivity index (χ1v) is 5.72. The number of nitriles is 1. The van der Waals surface area contributed by atoms with Gasteiger partial charge in [0.25, 0.3) is 0 Å². The predicted molar refractivity (Wildman–Crippen MR) is 69.8 cm³/mol. The van der Waals surface area contributed by atoms with Crippen molar-refractivity contribution >= 4 is 0 Å². The number of aromatic amines is 1. The van der Waals surface area contributed by atoms with Gasteiger partial charge in [0.15, 0.2) is 11.6 Å². The molecule has 5 nitrogen and oxygen atoms in total. The molecule has 2 heterocycles. The monoisotopic (exact) mass is 247 g/mol. The third kappa shape index (κ3) is 2.07. The molecule has 19 heavy (non-hydrogen) atoms. The second kappa shape index (κ2) is 4.70. The van der Waals surface area contributed by atoms with Gasteiger partial charge in [-0.05, 0) is 24.3 Å². The Balaban J connectivity index is 2.05. The number of aromatic nitrogens is 4. The average Bonchev–Trinajstić information content (AvgIpc) is 2.98. The van der Waals surface area contributed by atoms with E-state index in [1.165, 1.54) is 0 Å². The van der Waals surface area contributed by atoms with Crippen molar-refractivity contribution < 1.29 is 0 Å². The summed E-state index contributed by atoms with van der Waals surface area (Å²) in [6.07, 6.45) is 1.70. The minimum absolute atomic E-state index is 0.498. The molecule has 0 spiro atoms. The summed E-state index contributed by atoms with van der Waals surface area (Å²) in [4.78, 5) is 8.58. The topological polar surface area (TPSA) is 78.2 Å². The van der Waals surface area contributed by atoms with Crippen molar-refractivity contribution in [2.75, 3.05) is 0 Å². The Bertz CT molecular complexity index is 740. The number of pyridine rings is 1. The number of H-pyrrole nitrogens is 1. The Morgan fingerprint density at radius 2 is 1.89 bits per heavy atom. The Morgan fingerprint density at radius 1 is 1.05 bits per heavy atom. The molecular formula is C14H9N5. The molecule has 0 aliphatic carbocycles. The zero-order valence-electron chi connectivity index (χ0n) is 9.91. The lowest BCUT2D eigenvalue weighted by Gasteiger charge is -1.96. The Hall–Kier alpha value is -3.00. The molecular weight excluding hydrogens is 238 g/mol. The molecule has 0 radical (unpaired) electrons. The van der Waals surface area contributed by atoms with Crippen LogP contribution in [0.15, 0.2) is 48.7 Å². The summed E-state index contributed by atoms with van der Waals surface area (Å²) in [5.41, 5.74) is 1.98. The first-order chi connectivity index (χ1) is 9.38. The van der Waals surface area contributed by atoms with Crippen molar-refractivity contribution in [3.8, 4) is 29.0 Å². The van der Waals surface area contributed by atoms with E-state index < -0.39 is 0 Å². The zero-order chi connectivity index (χ0) is 13.1. The van der Waals surface area contributed by atoms with Crippen LogP contribution in [-0.2, 0) is 0 Å². The van der Waals surface area contributed by atoms with Gasteiger partial charge >= 0.3 is 0 Å². The van der Waals surface area contributed by atoms with Crippen molar-refractivity contribution in [2.24, 2.45) is 0 Å². The van der Waals surface area contributed by atoms with Gasteiger partial charge in [0, 0.05) is 11.8 Å². The molecule has 0 fully saturated rings. The Labute approximate surface area is 109 Å². The van der Waals surface area contributed by atoms with Gasteiger partial charge in [0.05, 0.1) is 11.6 Å². The van der Waals surface area contributed by atoms with Gasteiger partial charge in [-0.15, -0.1) is 0 Å². The average molecular weight is 247 g/mol. The van der Waals surface area contributed by atoms with Crippen molar-refractivity contribution in [2.45, 2.75) is 0 Å². The van der Waals surface area contributed by atoms with Gasteiger partial charge in [-0.1, -0.05) is 18.2 Å². The van der Waals surface area contributed by atoms with E-state index in [1.807, 2.05) is 36.4 Å². The van der Waals surface area contributed by atoms with Gasteiger partial charge in [-0.25, -0.2) is 4.98 Å². The molecule has 90 valence electrons. The standard InChI is InChI=1S/C14H9N5/c15-9-10-5-1-2-6-11(10)13-17-14(19-18-13)12-7-3-4-8-16-12/h1-8H,(H,17,18,19). The molecule has 1 N–H and O–H groups in total. The second-order valence-electron chi connectivity index (χ2n) is 3.88. The van der Waals surface area contributed by atoms with Gasteiger partial charge < -0.3 is 0 Å². The number of nitrogens with one attached hydrogen (secondary N) is 1. The third-order valence-electron chi connectivity index (χ3n) is 2.68. The van der Waals surface area contributed by atoms with Crippen LogP contribution in [0.3, 0.4) is 0 Å². The molecule has 0 saturated carbocycles. The summed E-state index contributed by atoms with van der Waals surface area (Å²) in [5.74, 6) is 1.08. The van der Waals surface area contributed by atoms with Crippen LogP contribution in [0.25, 0.3) is 22.9 Å². The van der Waals surface area contributed by atoms with E-state index >= 15 is 0 Å². The maximum absolute atomic E-state index is 9.08. The molecule has 0 atom stereocenters.